The van der Waals surface area contributed by atoms with Gasteiger partial charge < -0.3 is 10.2 Å². The van der Waals surface area contributed by atoms with Gasteiger partial charge in [0.25, 0.3) is 0 Å². The zero-order valence-electron chi connectivity index (χ0n) is 8.21. The molecule has 0 saturated carbocycles. The second-order valence-electron chi connectivity index (χ2n) is 3.75. The maximum atomic E-state index is 3.70. The number of nitrogens with one attached hydrogen (secondary N) is 1. The van der Waals surface area contributed by atoms with Crippen molar-refractivity contribution in [2.75, 3.05) is 20.1 Å². The molecule has 1 aliphatic rings. The molecule has 0 aliphatic carbocycles. The van der Waals surface area contributed by atoms with E-state index in [1.165, 1.54) is 13.0 Å². The third kappa shape index (κ3) is 2.61. The van der Waals surface area contributed by atoms with Crippen LogP contribution in [-0.4, -0.2) is 37.1 Å². The molecule has 70 valence electrons. The second-order valence-corrected chi connectivity index (χ2v) is 3.75. The molecule has 0 aromatic heterocycles. The molecular formula is C10H20N2. The predicted molar refractivity (Wildman–Crippen MR) is 53.3 cm³/mol. The van der Waals surface area contributed by atoms with Crippen LogP contribution in [-0.2, 0) is 0 Å². The monoisotopic (exact) mass is 168 g/mol. The van der Waals surface area contributed by atoms with Crippen molar-refractivity contribution >= 4 is 0 Å². The van der Waals surface area contributed by atoms with Crippen LogP contribution < -0.4 is 5.32 Å². The molecule has 12 heavy (non-hydrogen) atoms. The van der Waals surface area contributed by atoms with Gasteiger partial charge in [-0.15, -0.1) is 6.58 Å². The highest BCUT2D eigenvalue weighted by Crippen LogP contribution is 2.14. The highest BCUT2D eigenvalue weighted by Gasteiger charge is 2.24. The molecule has 0 amide bonds. The van der Waals surface area contributed by atoms with Crippen LogP contribution in [0.25, 0.3) is 0 Å². The first-order chi connectivity index (χ1) is 5.74. The number of hydrogen-bond donors (Lipinski definition) is 1. The largest absolute Gasteiger partial charge is 0.312 e. The number of likely N-dealkylation sites (tertiary alicyclic amines) is 1. The van der Waals surface area contributed by atoms with E-state index >= 15 is 0 Å². The van der Waals surface area contributed by atoms with Gasteiger partial charge in [-0.05, 0) is 33.4 Å². The predicted octanol–water partition coefficient (Wildman–Crippen LogP) is 1.24. The summed E-state index contributed by atoms with van der Waals surface area (Å²) >= 11 is 0. The van der Waals surface area contributed by atoms with Gasteiger partial charge in [0.1, 0.15) is 0 Å². The van der Waals surface area contributed by atoms with Crippen molar-refractivity contribution in [1.29, 1.82) is 0 Å². The quantitative estimate of drug-likeness (QED) is 0.502. The third-order valence-electron chi connectivity index (χ3n) is 2.67. The van der Waals surface area contributed by atoms with Gasteiger partial charge in [0.15, 0.2) is 0 Å². The van der Waals surface area contributed by atoms with E-state index in [-0.39, 0.29) is 0 Å². The summed E-state index contributed by atoms with van der Waals surface area (Å²) in [6, 6.07) is 1.44. The summed E-state index contributed by atoms with van der Waals surface area (Å²) in [6.07, 6.45) is 4.33. The van der Waals surface area contributed by atoms with E-state index in [2.05, 4.69) is 30.8 Å². The van der Waals surface area contributed by atoms with Gasteiger partial charge in [-0.2, -0.15) is 0 Å². The minimum Gasteiger partial charge on any atom is -0.312 e. The van der Waals surface area contributed by atoms with Crippen molar-refractivity contribution in [3.05, 3.63) is 12.7 Å². The van der Waals surface area contributed by atoms with Crippen molar-refractivity contribution in [2.45, 2.75) is 31.8 Å². The maximum absolute atomic E-state index is 3.70. The van der Waals surface area contributed by atoms with Gasteiger partial charge in [-0.1, -0.05) is 6.08 Å². The molecule has 2 unspecified atom stereocenters. The molecule has 1 saturated heterocycles. The number of nitrogens with zero attached hydrogens (tertiary/aromatic N) is 1. The Morgan fingerprint density at radius 2 is 2.42 bits per heavy atom. The molecule has 2 heteroatoms. The number of likely N-dealkylation sites (N-methyl/N-ethyl adjacent to an activating group) is 1. The second kappa shape index (κ2) is 4.63. The van der Waals surface area contributed by atoms with Crippen molar-refractivity contribution < 1.29 is 0 Å². The lowest BCUT2D eigenvalue weighted by molar-refractivity contribution is 0.327. The van der Waals surface area contributed by atoms with Crippen LogP contribution in [0.1, 0.15) is 19.8 Å². The summed E-state index contributed by atoms with van der Waals surface area (Å²) in [5.41, 5.74) is 0. The van der Waals surface area contributed by atoms with E-state index in [4.69, 9.17) is 0 Å². The summed E-state index contributed by atoms with van der Waals surface area (Å²) < 4.78 is 0. The Morgan fingerprint density at radius 1 is 1.67 bits per heavy atom. The Labute approximate surface area is 75.6 Å². The molecule has 0 aromatic carbocycles. The normalized spacial score (nSPS) is 30.8. The highest BCUT2D eigenvalue weighted by atomic mass is 15.2. The van der Waals surface area contributed by atoms with Crippen molar-refractivity contribution in [3.8, 4) is 0 Å². The molecular weight excluding hydrogens is 148 g/mol. The fourth-order valence-corrected chi connectivity index (χ4v) is 1.73. The molecule has 2 nitrogen and oxygen atoms in total. The molecule has 0 spiro atoms. The minimum absolute atomic E-state index is 0.699. The van der Waals surface area contributed by atoms with Gasteiger partial charge in [-0.25, -0.2) is 0 Å². The first kappa shape index (κ1) is 9.75. The molecule has 0 aromatic rings. The lowest BCUT2D eigenvalue weighted by Gasteiger charge is -2.12. The Hall–Kier alpha value is -0.340. The summed E-state index contributed by atoms with van der Waals surface area (Å²) in [6.45, 7) is 8.26. The average Bonchev–Trinajstić information content (AvgIpc) is 2.32. The average molecular weight is 168 g/mol. The Balaban J connectivity index is 2.14. The molecule has 1 rings (SSSR count). The lowest BCUT2D eigenvalue weighted by Crippen LogP contribution is -2.31. The van der Waals surface area contributed by atoms with E-state index in [9.17, 15) is 0 Å². The molecule has 1 aliphatic heterocycles. The van der Waals surface area contributed by atoms with Crippen LogP contribution in [0.4, 0.5) is 0 Å². The summed E-state index contributed by atoms with van der Waals surface area (Å²) in [5.74, 6) is 0. The van der Waals surface area contributed by atoms with Gasteiger partial charge >= 0.3 is 0 Å². The van der Waals surface area contributed by atoms with Gasteiger partial charge in [0.05, 0.1) is 0 Å². The van der Waals surface area contributed by atoms with Crippen LogP contribution >= 0.6 is 0 Å². The topological polar surface area (TPSA) is 15.3 Å². The number of hydrogen-bond acceptors (Lipinski definition) is 2. The first-order valence-corrected chi connectivity index (χ1v) is 4.78. The van der Waals surface area contributed by atoms with E-state index in [1.807, 2.05) is 6.08 Å². The van der Waals surface area contributed by atoms with Gasteiger partial charge in [-0.3, -0.25) is 0 Å². The van der Waals surface area contributed by atoms with Gasteiger partial charge in [0.2, 0.25) is 0 Å². The van der Waals surface area contributed by atoms with Crippen molar-refractivity contribution in [1.82, 2.24) is 10.2 Å². The Bertz CT molecular complexity index is 135. The van der Waals surface area contributed by atoms with E-state index in [0.29, 0.717) is 6.04 Å². The molecule has 2 atom stereocenters. The number of rotatable bonds is 4. The van der Waals surface area contributed by atoms with Crippen LogP contribution in [0.3, 0.4) is 0 Å². The van der Waals surface area contributed by atoms with Gasteiger partial charge in [0, 0.05) is 18.6 Å². The summed E-state index contributed by atoms with van der Waals surface area (Å²) in [7, 11) is 2.19. The highest BCUT2D eigenvalue weighted by molar-refractivity contribution is 4.85. The Kier molecular flexibility index (Phi) is 3.76. The standard InChI is InChI=1S/C10H20N2/c1-4-5-6-11-10-7-9(2)12(3)8-10/h4,9-11H,1,5-8H2,2-3H3. The molecule has 0 bridgehead atoms. The molecule has 0 radical (unpaired) electrons. The van der Waals surface area contributed by atoms with Crippen LogP contribution in [0, 0.1) is 0 Å². The fourth-order valence-electron chi connectivity index (χ4n) is 1.73. The smallest absolute Gasteiger partial charge is 0.0209 e. The maximum Gasteiger partial charge on any atom is 0.0209 e. The zero-order valence-corrected chi connectivity index (χ0v) is 8.21. The van der Waals surface area contributed by atoms with Crippen molar-refractivity contribution in [2.24, 2.45) is 0 Å². The van der Waals surface area contributed by atoms with Crippen LogP contribution in [0.15, 0.2) is 12.7 Å². The molecule has 1 N–H and O–H groups in total. The zero-order chi connectivity index (χ0) is 8.97. The minimum atomic E-state index is 0.699. The third-order valence-corrected chi connectivity index (χ3v) is 2.67. The summed E-state index contributed by atoms with van der Waals surface area (Å²) in [5, 5.41) is 3.53. The van der Waals surface area contributed by atoms with E-state index in [1.54, 1.807) is 0 Å². The SMILES string of the molecule is C=CCCNC1CC(C)N(C)C1. The lowest BCUT2D eigenvalue weighted by atomic mass is 10.2. The fraction of sp³-hybridized carbons (Fsp3) is 0.800. The molecule has 1 fully saturated rings. The Morgan fingerprint density at radius 3 is 2.92 bits per heavy atom. The van der Waals surface area contributed by atoms with Crippen LogP contribution in [0.2, 0.25) is 0 Å². The summed E-state index contributed by atoms with van der Waals surface area (Å²) in [4.78, 5) is 2.41. The van der Waals surface area contributed by atoms with Crippen LogP contribution in [0.5, 0.6) is 0 Å². The van der Waals surface area contributed by atoms with E-state index < -0.39 is 0 Å². The molecule has 1 heterocycles. The first-order valence-electron chi connectivity index (χ1n) is 4.78. The van der Waals surface area contributed by atoms with E-state index in [0.717, 1.165) is 19.0 Å². The van der Waals surface area contributed by atoms with Crippen molar-refractivity contribution in [3.63, 3.8) is 0 Å².